The molecule has 8 atom stereocenters. The Morgan fingerprint density at radius 3 is 1.67 bits per heavy atom. The molecule has 17 N–H and O–H groups in total. The van der Waals surface area contributed by atoms with Crippen LogP contribution >= 0.6 is 0 Å². The van der Waals surface area contributed by atoms with Crippen molar-refractivity contribution in [3.63, 3.8) is 0 Å². The van der Waals surface area contributed by atoms with Gasteiger partial charge in [-0.05, 0) is 73.6 Å². The number of aliphatic hydroxyl groups excluding tert-OH is 1. The van der Waals surface area contributed by atoms with Gasteiger partial charge in [-0.25, -0.2) is 4.79 Å². The van der Waals surface area contributed by atoms with Crippen molar-refractivity contribution in [2.24, 2.45) is 38.7 Å². The van der Waals surface area contributed by atoms with Gasteiger partial charge in [-0.15, -0.1) is 0 Å². The van der Waals surface area contributed by atoms with Crippen molar-refractivity contribution in [1.29, 1.82) is 0 Å². The molecular weight excluding hydrogens is 1050 g/mol. The number of nitrogens with one attached hydrogen (secondary N) is 5. The molecule has 2 fully saturated rings. The number of aliphatic carboxylic acids is 1. The van der Waals surface area contributed by atoms with E-state index in [1.165, 1.54) is 14.7 Å². The molecule has 8 amide bonds. The predicted octanol–water partition coefficient (Wildman–Crippen LogP) is -3.03. The number of amides is 8. The highest BCUT2D eigenvalue weighted by Gasteiger charge is 2.44. The number of nitrogens with zero attached hydrogens (tertiary/aromatic N) is 5. The van der Waals surface area contributed by atoms with Crippen LogP contribution in [-0.2, 0) is 69.0 Å². The lowest BCUT2D eigenvalue weighted by molar-refractivity contribution is -0.150. The first-order valence-electron chi connectivity index (χ1n) is 27.1. The zero-order valence-corrected chi connectivity index (χ0v) is 45.1. The zero-order chi connectivity index (χ0) is 58.6. The lowest BCUT2D eigenvalue weighted by atomic mass is 9.92. The van der Waals surface area contributed by atoms with Crippen LogP contribution in [0.2, 0.25) is 0 Å². The van der Waals surface area contributed by atoms with E-state index in [9.17, 15) is 53.4 Å². The summed E-state index contributed by atoms with van der Waals surface area (Å²) in [7, 11) is 0. The molecule has 0 saturated carbocycles. The van der Waals surface area contributed by atoms with E-state index >= 15 is 0 Å². The summed E-state index contributed by atoms with van der Waals surface area (Å²) in [6, 6.07) is 15.1. The van der Waals surface area contributed by atoms with Crippen LogP contribution < -0.4 is 55.3 Å². The summed E-state index contributed by atoms with van der Waals surface area (Å²) in [5.74, 6) is -7.09. The summed E-state index contributed by atoms with van der Waals surface area (Å²) >= 11 is 0. The number of carbonyl (C=O) groups is 9. The zero-order valence-electron chi connectivity index (χ0n) is 45.1. The summed E-state index contributed by atoms with van der Waals surface area (Å²) in [6.07, 6.45) is 2.20. The van der Waals surface area contributed by atoms with Gasteiger partial charge < -0.3 is 80.2 Å². The van der Waals surface area contributed by atoms with Gasteiger partial charge in [-0.2, -0.15) is 0 Å². The van der Waals surface area contributed by atoms with Crippen LogP contribution in [0.3, 0.4) is 0 Å². The van der Waals surface area contributed by atoms with Crippen molar-refractivity contribution in [3.8, 4) is 0 Å². The maximum atomic E-state index is 14.5. The molecule has 81 heavy (non-hydrogen) atoms. The second-order valence-electron chi connectivity index (χ2n) is 20.3. The number of guanidine groups is 2. The number of aliphatic hydroxyl groups is 1. The molecule has 3 aliphatic rings. The Kier molecular flexibility index (Phi) is 22.9. The average molecular weight is 1120 g/mol. The van der Waals surface area contributed by atoms with Gasteiger partial charge in [-0.1, -0.05) is 84.9 Å². The molecule has 0 radical (unpaired) electrons. The normalized spacial score (nSPS) is 18.3. The van der Waals surface area contributed by atoms with Gasteiger partial charge in [0.15, 0.2) is 11.9 Å². The number of hydrogen-bond acceptors (Lipinski definition) is 13. The highest BCUT2D eigenvalue weighted by atomic mass is 16.4. The topological polar surface area (TPSA) is 419 Å². The van der Waals surface area contributed by atoms with E-state index in [1.54, 1.807) is 60.7 Å². The SMILES string of the molecule is NC(N)=NCCC[C@H](NC(=O)[C@H](Cc1ccccc1)NC(=O)[C@@H]1CCCN1C(=O)[C@H](CO)NC(=O)[C@H](Cc1ccccc1)NC(=O)CNC(=O)[C@@H]1CCCN1C(=O)C1Cc2ccccc2CN1C(=O)[C@@H](N)CCCN=C(N)N)C(=O)O. The minimum absolute atomic E-state index is 0.0242. The standard InChI is InChI=1S/C55H75N15O11/c56-37(19-9-23-61-54(57)58)50(77)70-31-36-18-8-7-17-35(36)29-44(70)52(79)69-26-11-21-42(69)48(75)63-30-45(72)64-39(27-33-13-3-1-4-14-33)46(73)67-41(32-71)51(78)68-25-12-22-43(68)49(76)66-40(28-34-15-5-2-6-16-34)47(74)65-38(53(80)81)20-10-24-62-55(59)60/h1-8,13-18,37-44,71H,9-12,19-32,56H2,(H,63,75)(H,64,72)(H,65,74)(H,66,76)(H,67,73)(H,80,81)(H4,57,58,61)(H4,59,60,62)/t37-,38-,39-,40-,41-,42-,43-,44?/m0/s1. The van der Waals surface area contributed by atoms with Crippen molar-refractivity contribution < 1.29 is 53.4 Å². The molecule has 0 aromatic heterocycles. The smallest absolute Gasteiger partial charge is 0.326 e. The summed E-state index contributed by atoms with van der Waals surface area (Å²) in [5, 5.41) is 33.4. The molecule has 3 aromatic carbocycles. The predicted molar refractivity (Wildman–Crippen MR) is 297 cm³/mol. The van der Waals surface area contributed by atoms with Crippen LogP contribution in [0.4, 0.5) is 0 Å². The summed E-state index contributed by atoms with van der Waals surface area (Å²) in [4.78, 5) is 136. The van der Waals surface area contributed by atoms with E-state index in [4.69, 9.17) is 28.7 Å². The molecular formula is C55H75N15O11. The number of carbonyl (C=O) groups excluding carboxylic acids is 8. The third kappa shape index (κ3) is 17.7. The molecule has 3 heterocycles. The third-order valence-corrected chi connectivity index (χ3v) is 14.4. The van der Waals surface area contributed by atoms with Gasteiger partial charge in [-0.3, -0.25) is 48.3 Å². The molecule has 436 valence electrons. The van der Waals surface area contributed by atoms with E-state index in [-0.39, 0.29) is 96.0 Å². The monoisotopic (exact) mass is 1120 g/mol. The number of nitrogens with two attached hydrogens (primary N) is 5. The van der Waals surface area contributed by atoms with Crippen LogP contribution in [0.25, 0.3) is 0 Å². The van der Waals surface area contributed by atoms with E-state index < -0.39 is 115 Å². The largest absolute Gasteiger partial charge is 0.480 e. The van der Waals surface area contributed by atoms with Crippen molar-refractivity contribution >= 4 is 65.1 Å². The van der Waals surface area contributed by atoms with Crippen molar-refractivity contribution in [1.82, 2.24) is 41.3 Å². The highest BCUT2D eigenvalue weighted by molar-refractivity contribution is 5.98. The Morgan fingerprint density at radius 2 is 1.10 bits per heavy atom. The minimum Gasteiger partial charge on any atom is -0.480 e. The second-order valence-corrected chi connectivity index (χ2v) is 20.3. The molecule has 26 heteroatoms. The van der Waals surface area contributed by atoms with Crippen LogP contribution in [0.5, 0.6) is 0 Å². The van der Waals surface area contributed by atoms with Gasteiger partial charge in [0.2, 0.25) is 47.3 Å². The van der Waals surface area contributed by atoms with E-state index in [0.29, 0.717) is 30.4 Å². The summed E-state index contributed by atoms with van der Waals surface area (Å²) in [6.45, 7) is -0.742. The van der Waals surface area contributed by atoms with Crippen LogP contribution in [-0.4, -0.2) is 178 Å². The van der Waals surface area contributed by atoms with Gasteiger partial charge in [0, 0.05) is 52.0 Å². The van der Waals surface area contributed by atoms with Crippen molar-refractivity contribution in [2.75, 3.05) is 39.3 Å². The Bertz CT molecular complexity index is 2760. The molecule has 2 saturated heterocycles. The third-order valence-electron chi connectivity index (χ3n) is 14.4. The molecule has 3 aromatic rings. The van der Waals surface area contributed by atoms with Crippen molar-refractivity contribution in [3.05, 3.63) is 107 Å². The van der Waals surface area contributed by atoms with E-state index in [2.05, 4.69) is 36.6 Å². The number of carboxylic acid groups (broad SMARTS) is 1. The fourth-order valence-corrected chi connectivity index (χ4v) is 10.2. The number of rotatable bonds is 27. The van der Waals surface area contributed by atoms with Gasteiger partial charge >= 0.3 is 5.97 Å². The summed E-state index contributed by atoms with van der Waals surface area (Å²) in [5.41, 5.74) is 31.0. The highest BCUT2D eigenvalue weighted by Crippen LogP contribution is 2.29. The number of benzene rings is 3. The quantitative estimate of drug-likeness (QED) is 0.0205. The Hall–Kier alpha value is -8.65. The van der Waals surface area contributed by atoms with Crippen molar-refractivity contribution in [2.45, 2.75) is 126 Å². The Labute approximate surface area is 469 Å². The number of aliphatic imine (C=N–C) groups is 2. The first-order valence-corrected chi connectivity index (χ1v) is 27.1. The second kappa shape index (κ2) is 30.1. The van der Waals surface area contributed by atoms with Gasteiger partial charge in [0.1, 0.15) is 42.3 Å². The Balaban J connectivity index is 1.09. The first kappa shape index (κ1) is 61.6. The molecule has 0 spiro atoms. The van der Waals surface area contributed by atoms with Crippen LogP contribution in [0.15, 0.2) is 94.9 Å². The fourth-order valence-electron chi connectivity index (χ4n) is 10.2. The number of likely N-dealkylation sites (tertiary alicyclic amines) is 2. The molecule has 26 nitrogen and oxygen atoms in total. The van der Waals surface area contributed by atoms with E-state index in [1.807, 2.05) is 24.3 Å². The maximum Gasteiger partial charge on any atom is 0.326 e. The lowest BCUT2D eigenvalue weighted by Gasteiger charge is -2.40. The molecule has 6 rings (SSSR count). The van der Waals surface area contributed by atoms with Crippen LogP contribution in [0.1, 0.15) is 73.6 Å². The number of carboxylic acids is 1. The number of fused-ring (bicyclic) bond motifs is 1. The first-order chi connectivity index (χ1) is 38.8. The van der Waals surface area contributed by atoms with Crippen LogP contribution in [0, 0.1) is 0 Å². The number of hydrogen-bond donors (Lipinski definition) is 12. The Morgan fingerprint density at radius 1 is 0.580 bits per heavy atom. The molecule has 0 aliphatic carbocycles. The maximum absolute atomic E-state index is 14.5. The molecule has 1 unspecified atom stereocenters. The molecule has 0 bridgehead atoms. The minimum atomic E-state index is -1.60. The molecule has 3 aliphatic heterocycles. The van der Waals surface area contributed by atoms with Gasteiger partial charge in [0.25, 0.3) is 0 Å². The van der Waals surface area contributed by atoms with E-state index in [0.717, 1.165) is 11.1 Å². The van der Waals surface area contributed by atoms with Gasteiger partial charge in [0.05, 0.1) is 19.2 Å². The summed E-state index contributed by atoms with van der Waals surface area (Å²) < 4.78 is 0. The lowest BCUT2D eigenvalue weighted by Crippen LogP contribution is -2.60. The average Bonchev–Trinajstić information content (AvgIpc) is 4.39. The fraction of sp³-hybridized carbons (Fsp3) is 0.473.